The third-order valence-corrected chi connectivity index (χ3v) is 2.65. The Morgan fingerprint density at radius 3 is 3.25 bits per heavy atom. The SMILES string of the molecule is Cc1cnc2c(c1)SNC(=S)N2. The zero-order chi connectivity index (χ0) is 8.55. The molecule has 0 atom stereocenters. The molecule has 1 aliphatic heterocycles. The van der Waals surface area contributed by atoms with Crippen LogP contribution in [0, 0.1) is 6.92 Å². The Kier molecular flexibility index (Phi) is 1.90. The van der Waals surface area contributed by atoms with E-state index in [1.54, 1.807) is 0 Å². The van der Waals surface area contributed by atoms with Crippen molar-refractivity contribution in [2.75, 3.05) is 5.32 Å². The lowest BCUT2D eigenvalue weighted by Gasteiger charge is -2.17. The van der Waals surface area contributed by atoms with Gasteiger partial charge in [0.05, 0.1) is 4.90 Å². The number of hydrogen-bond acceptors (Lipinski definition) is 3. The lowest BCUT2D eigenvalue weighted by Crippen LogP contribution is -2.27. The first-order chi connectivity index (χ1) is 5.75. The molecule has 1 aromatic heterocycles. The smallest absolute Gasteiger partial charge is 0.182 e. The Labute approximate surface area is 80.1 Å². The highest BCUT2D eigenvalue weighted by Gasteiger charge is 2.12. The van der Waals surface area contributed by atoms with E-state index in [1.807, 2.05) is 13.1 Å². The fourth-order valence-corrected chi connectivity index (χ4v) is 1.87. The van der Waals surface area contributed by atoms with E-state index in [4.69, 9.17) is 12.2 Å². The first-order valence-electron chi connectivity index (χ1n) is 3.46. The second-order valence-electron chi connectivity index (χ2n) is 2.52. The van der Waals surface area contributed by atoms with Crippen LogP contribution in [0.1, 0.15) is 5.56 Å². The van der Waals surface area contributed by atoms with Crippen molar-refractivity contribution in [2.24, 2.45) is 0 Å². The monoisotopic (exact) mass is 197 g/mol. The van der Waals surface area contributed by atoms with E-state index in [0.29, 0.717) is 5.11 Å². The van der Waals surface area contributed by atoms with Crippen LogP contribution in [0.15, 0.2) is 17.2 Å². The van der Waals surface area contributed by atoms with Gasteiger partial charge in [0, 0.05) is 6.20 Å². The summed E-state index contributed by atoms with van der Waals surface area (Å²) >= 11 is 6.43. The molecule has 0 aliphatic carbocycles. The third kappa shape index (κ3) is 1.37. The van der Waals surface area contributed by atoms with Crippen LogP contribution >= 0.6 is 24.2 Å². The Morgan fingerprint density at radius 2 is 2.42 bits per heavy atom. The van der Waals surface area contributed by atoms with Crippen LogP contribution in [-0.4, -0.2) is 10.1 Å². The van der Waals surface area contributed by atoms with Gasteiger partial charge in [-0.2, -0.15) is 0 Å². The number of aromatic nitrogens is 1. The molecule has 0 unspecified atom stereocenters. The zero-order valence-corrected chi connectivity index (χ0v) is 8.05. The fourth-order valence-electron chi connectivity index (χ4n) is 0.948. The van der Waals surface area contributed by atoms with Crippen molar-refractivity contribution in [1.29, 1.82) is 0 Å². The van der Waals surface area contributed by atoms with Crippen molar-refractivity contribution in [2.45, 2.75) is 11.8 Å². The Morgan fingerprint density at radius 1 is 1.58 bits per heavy atom. The van der Waals surface area contributed by atoms with E-state index in [0.717, 1.165) is 16.3 Å². The van der Waals surface area contributed by atoms with Gasteiger partial charge in [0.25, 0.3) is 0 Å². The summed E-state index contributed by atoms with van der Waals surface area (Å²) in [6.07, 6.45) is 1.82. The number of pyridine rings is 1. The Bertz CT molecular complexity index is 337. The van der Waals surface area contributed by atoms with E-state index in [1.165, 1.54) is 11.9 Å². The van der Waals surface area contributed by atoms with Gasteiger partial charge < -0.3 is 10.0 Å². The first-order valence-corrected chi connectivity index (χ1v) is 4.68. The standard InChI is InChI=1S/C7H7N3S2/c1-4-2-5-6(8-3-4)9-7(11)10-12-5/h2-3H,1H3,(H2,8,9,10,11). The first kappa shape index (κ1) is 7.82. The molecule has 0 amide bonds. The molecule has 0 saturated carbocycles. The molecule has 62 valence electrons. The Balaban J connectivity index is 2.43. The highest BCUT2D eigenvalue weighted by molar-refractivity contribution is 7.99. The average Bonchev–Trinajstić information content (AvgIpc) is 2.05. The number of nitrogens with zero attached hydrogens (tertiary/aromatic N) is 1. The molecule has 0 fully saturated rings. The minimum absolute atomic E-state index is 0.615. The summed E-state index contributed by atoms with van der Waals surface area (Å²) in [5.74, 6) is 0.842. The van der Waals surface area contributed by atoms with Gasteiger partial charge >= 0.3 is 0 Å². The summed E-state index contributed by atoms with van der Waals surface area (Å²) in [6, 6.07) is 2.06. The van der Waals surface area contributed by atoms with Gasteiger partial charge in [0.2, 0.25) is 0 Å². The van der Waals surface area contributed by atoms with Crippen molar-refractivity contribution in [3.8, 4) is 0 Å². The van der Waals surface area contributed by atoms with Crippen molar-refractivity contribution in [1.82, 2.24) is 9.71 Å². The molecule has 0 radical (unpaired) electrons. The van der Waals surface area contributed by atoms with Crippen LogP contribution < -0.4 is 10.0 Å². The largest absolute Gasteiger partial charge is 0.316 e. The van der Waals surface area contributed by atoms with E-state index < -0.39 is 0 Å². The predicted octanol–water partition coefficient (Wildman–Crippen LogP) is 1.70. The summed E-state index contributed by atoms with van der Waals surface area (Å²) in [6.45, 7) is 2.01. The number of rotatable bonds is 0. The van der Waals surface area contributed by atoms with Gasteiger partial charge in [-0.1, -0.05) is 0 Å². The van der Waals surface area contributed by atoms with E-state index in [2.05, 4.69) is 21.1 Å². The van der Waals surface area contributed by atoms with Crippen LogP contribution in [0.3, 0.4) is 0 Å². The molecule has 0 aromatic carbocycles. The summed E-state index contributed by atoms with van der Waals surface area (Å²) in [7, 11) is 0. The summed E-state index contributed by atoms with van der Waals surface area (Å²) in [5, 5.41) is 3.59. The molecule has 2 heterocycles. The quantitative estimate of drug-likeness (QED) is 0.489. The van der Waals surface area contributed by atoms with Gasteiger partial charge in [-0.05, 0) is 42.7 Å². The normalized spacial score (nSPS) is 14.6. The predicted molar refractivity (Wildman–Crippen MR) is 54.2 cm³/mol. The molecule has 0 saturated heterocycles. The number of fused-ring (bicyclic) bond motifs is 1. The minimum Gasteiger partial charge on any atom is -0.316 e. The maximum Gasteiger partial charge on any atom is 0.182 e. The molecule has 12 heavy (non-hydrogen) atoms. The van der Waals surface area contributed by atoms with Gasteiger partial charge in [0.1, 0.15) is 5.82 Å². The van der Waals surface area contributed by atoms with Gasteiger partial charge in [0.15, 0.2) is 5.11 Å². The highest BCUT2D eigenvalue weighted by atomic mass is 32.2. The van der Waals surface area contributed by atoms with Gasteiger partial charge in [-0.3, -0.25) is 0 Å². The second kappa shape index (κ2) is 2.91. The van der Waals surface area contributed by atoms with Crippen LogP contribution in [0.4, 0.5) is 5.82 Å². The molecule has 3 nitrogen and oxygen atoms in total. The van der Waals surface area contributed by atoms with Crippen molar-refractivity contribution in [3.63, 3.8) is 0 Å². The van der Waals surface area contributed by atoms with Crippen molar-refractivity contribution in [3.05, 3.63) is 17.8 Å². The van der Waals surface area contributed by atoms with Crippen molar-refractivity contribution >= 4 is 35.1 Å². The van der Waals surface area contributed by atoms with E-state index in [9.17, 15) is 0 Å². The number of anilines is 1. The van der Waals surface area contributed by atoms with Crippen LogP contribution in [-0.2, 0) is 0 Å². The number of hydrogen-bond donors (Lipinski definition) is 2. The molecule has 0 spiro atoms. The zero-order valence-electron chi connectivity index (χ0n) is 6.42. The molecule has 2 rings (SSSR count). The highest BCUT2D eigenvalue weighted by Crippen LogP contribution is 2.26. The summed E-state index contributed by atoms with van der Waals surface area (Å²) in [4.78, 5) is 5.30. The topological polar surface area (TPSA) is 37.0 Å². The lowest BCUT2D eigenvalue weighted by atomic mass is 10.3. The van der Waals surface area contributed by atoms with E-state index >= 15 is 0 Å². The summed E-state index contributed by atoms with van der Waals surface area (Å²) < 4.78 is 2.96. The van der Waals surface area contributed by atoms with Gasteiger partial charge in [-0.15, -0.1) is 0 Å². The van der Waals surface area contributed by atoms with Crippen molar-refractivity contribution < 1.29 is 0 Å². The van der Waals surface area contributed by atoms with E-state index in [-0.39, 0.29) is 0 Å². The number of aryl methyl sites for hydroxylation is 1. The fraction of sp³-hybridized carbons (Fsp3) is 0.143. The van der Waals surface area contributed by atoms with Crippen LogP contribution in [0.2, 0.25) is 0 Å². The number of thiocarbonyl (C=S) groups is 1. The lowest BCUT2D eigenvalue weighted by molar-refractivity contribution is 1.17. The van der Waals surface area contributed by atoms with Gasteiger partial charge in [-0.25, -0.2) is 4.98 Å². The molecule has 1 aromatic rings. The second-order valence-corrected chi connectivity index (χ2v) is 3.77. The summed E-state index contributed by atoms with van der Waals surface area (Å²) in [5.41, 5.74) is 1.15. The molecule has 2 N–H and O–H groups in total. The third-order valence-electron chi connectivity index (χ3n) is 1.48. The molecular weight excluding hydrogens is 190 g/mol. The van der Waals surface area contributed by atoms with Crippen LogP contribution in [0.25, 0.3) is 0 Å². The maximum absolute atomic E-state index is 4.93. The average molecular weight is 197 g/mol. The van der Waals surface area contributed by atoms with Crippen LogP contribution in [0.5, 0.6) is 0 Å². The molecule has 1 aliphatic rings. The minimum atomic E-state index is 0.615. The molecular formula is C7H7N3S2. The molecule has 0 bridgehead atoms. The Hall–Kier alpha value is -0.810. The molecule has 5 heteroatoms. The maximum atomic E-state index is 4.93. The number of nitrogens with one attached hydrogen (secondary N) is 2.